The maximum atomic E-state index is 11.5. The second-order valence-electron chi connectivity index (χ2n) is 4.11. The Hall–Kier alpha value is -1.36. The predicted molar refractivity (Wildman–Crippen MR) is 63.1 cm³/mol. The average molecular weight is 224 g/mol. The minimum atomic E-state index is -0.143. The van der Waals surface area contributed by atoms with Crippen LogP contribution in [0.3, 0.4) is 0 Å². The number of nitrogens with one attached hydrogen (secondary N) is 1. The third-order valence-corrected chi connectivity index (χ3v) is 2.53. The number of carbonyl (C=O) groups excluding carboxylic acids is 1. The van der Waals surface area contributed by atoms with Gasteiger partial charge in [0.05, 0.1) is 6.04 Å². The quantitative estimate of drug-likeness (QED) is 0.767. The van der Waals surface area contributed by atoms with Crippen LogP contribution in [0.5, 0.6) is 0 Å². The minimum absolute atomic E-state index is 0.0971. The molecule has 0 aliphatic carbocycles. The zero-order valence-electron chi connectivity index (χ0n) is 10.4. The zero-order chi connectivity index (χ0) is 12.1. The van der Waals surface area contributed by atoms with Crippen molar-refractivity contribution in [2.45, 2.75) is 19.4 Å². The number of amides is 1. The van der Waals surface area contributed by atoms with Gasteiger partial charge in [-0.05, 0) is 6.92 Å². The molecule has 1 aromatic rings. The van der Waals surface area contributed by atoms with E-state index in [9.17, 15) is 4.79 Å². The van der Waals surface area contributed by atoms with Crippen molar-refractivity contribution in [3.8, 4) is 0 Å². The highest BCUT2D eigenvalue weighted by molar-refractivity contribution is 5.80. The van der Waals surface area contributed by atoms with Gasteiger partial charge in [-0.3, -0.25) is 4.79 Å². The van der Waals surface area contributed by atoms with E-state index in [0.717, 1.165) is 18.8 Å². The summed E-state index contributed by atoms with van der Waals surface area (Å²) in [6, 6.07) is -0.143. The lowest BCUT2D eigenvalue weighted by atomic mass is 10.3. The Bertz CT molecular complexity index is 346. The monoisotopic (exact) mass is 224 g/mol. The Morgan fingerprint density at radius 1 is 1.62 bits per heavy atom. The van der Waals surface area contributed by atoms with Crippen LogP contribution in [0.4, 0.5) is 0 Å². The third-order valence-electron chi connectivity index (χ3n) is 2.53. The fourth-order valence-corrected chi connectivity index (χ4v) is 1.51. The Kier molecular flexibility index (Phi) is 4.49. The molecule has 1 N–H and O–H groups in total. The molecule has 0 saturated heterocycles. The van der Waals surface area contributed by atoms with Gasteiger partial charge in [0.1, 0.15) is 5.82 Å². The van der Waals surface area contributed by atoms with Gasteiger partial charge in [0.15, 0.2) is 0 Å². The second kappa shape index (κ2) is 5.65. The first kappa shape index (κ1) is 12.7. The molecule has 1 atom stereocenters. The molecule has 16 heavy (non-hydrogen) atoms. The maximum Gasteiger partial charge on any atom is 0.238 e. The standard InChI is InChI=1S/C11H20N4O/c1-9(11(16)14(2)3)12-6-5-10-13-7-8-15(10)4/h7-9,12H,5-6H2,1-4H3. The summed E-state index contributed by atoms with van der Waals surface area (Å²) in [6.07, 6.45) is 4.53. The number of hydrogen-bond donors (Lipinski definition) is 1. The zero-order valence-corrected chi connectivity index (χ0v) is 10.4. The van der Waals surface area contributed by atoms with Gasteiger partial charge in [-0.25, -0.2) is 4.98 Å². The van der Waals surface area contributed by atoms with E-state index in [2.05, 4.69) is 10.3 Å². The lowest BCUT2D eigenvalue weighted by Gasteiger charge is -2.17. The van der Waals surface area contributed by atoms with E-state index in [1.807, 2.05) is 24.7 Å². The van der Waals surface area contributed by atoms with E-state index in [0.29, 0.717) is 0 Å². The van der Waals surface area contributed by atoms with Gasteiger partial charge >= 0.3 is 0 Å². The molecule has 1 unspecified atom stereocenters. The van der Waals surface area contributed by atoms with E-state index in [-0.39, 0.29) is 11.9 Å². The number of nitrogens with zero attached hydrogens (tertiary/aromatic N) is 3. The first-order chi connectivity index (χ1) is 7.52. The van der Waals surface area contributed by atoms with Crippen LogP contribution >= 0.6 is 0 Å². The molecule has 0 radical (unpaired) electrons. The number of aryl methyl sites for hydroxylation is 1. The lowest BCUT2D eigenvalue weighted by Crippen LogP contribution is -2.42. The van der Waals surface area contributed by atoms with Crippen LogP contribution < -0.4 is 5.32 Å². The number of likely N-dealkylation sites (N-methyl/N-ethyl adjacent to an activating group) is 1. The molecule has 1 amide bonds. The molecular weight excluding hydrogens is 204 g/mol. The van der Waals surface area contributed by atoms with Crippen LogP contribution in [0, 0.1) is 0 Å². The van der Waals surface area contributed by atoms with Crippen LogP contribution in [0.2, 0.25) is 0 Å². The van der Waals surface area contributed by atoms with Gasteiger partial charge in [-0.1, -0.05) is 0 Å². The van der Waals surface area contributed by atoms with Crippen molar-refractivity contribution < 1.29 is 4.79 Å². The molecule has 5 nitrogen and oxygen atoms in total. The summed E-state index contributed by atoms with van der Waals surface area (Å²) < 4.78 is 1.99. The van der Waals surface area contributed by atoms with Crippen molar-refractivity contribution >= 4 is 5.91 Å². The molecule has 0 aliphatic heterocycles. The molecule has 0 fully saturated rings. The van der Waals surface area contributed by atoms with Gasteiger partial charge in [0.25, 0.3) is 0 Å². The van der Waals surface area contributed by atoms with Crippen molar-refractivity contribution in [2.75, 3.05) is 20.6 Å². The predicted octanol–water partition coefficient (Wildman–Crippen LogP) is 0.0289. The molecule has 0 saturated carbocycles. The SMILES string of the molecule is CC(NCCc1nccn1C)C(=O)N(C)C. The van der Waals surface area contributed by atoms with Gasteiger partial charge in [0.2, 0.25) is 5.91 Å². The molecule has 0 aliphatic rings. The summed E-state index contributed by atoms with van der Waals surface area (Å²) in [4.78, 5) is 17.4. The summed E-state index contributed by atoms with van der Waals surface area (Å²) in [6.45, 7) is 2.63. The summed E-state index contributed by atoms with van der Waals surface area (Å²) in [5.41, 5.74) is 0. The molecule has 90 valence electrons. The van der Waals surface area contributed by atoms with Crippen LogP contribution in [-0.2, 0) is 18.3 Å². The van der Waals surface area contributed by atoms with E-state index in [4.69, 9.17) is 0 Å². The first-order valence-electron chi connectivity index (χ1n) is 5.43. The van der Waals surface area contributed by atoms with Gasteiger partial charge in [-0.2, -0.15) is 0 Å². The Morgan fingerprint density at radius 2 is 2.31 bits per heavy atom. The number of carbonyl (C=O) groups is 1. The molecule has 1 aromatic heterocycles. The smallest absolute Gasteiger partial charge is 0.238 e. The van der Waals surface area contributed by atoms with Crippen LogP contribution in [0.15, 0.2) is 12.4 Å². The Labute approximate surface area is 96.5 Å². The lowest BCUT2D eigenvalue weighted by molar-refractivity contribution is -0.130. The normalized spacial score (nSPS) is 12.5. The summed E-state index contributed by atoms with van der Waals surface area (Å²) >= 11 is 0. The summed E-state index contributed by atoms with van der Waals surface area (Å²) in [7, 11) is 5.50. The van der Waals surface area contributed by atoms with E-state index >= 15 is 0 Å². The van der Waals surface area contributed by atoms with Crippen molar-refractivity contribution in [1.29, 1.82) is 0 Å². The highest BCUT2D eigenvalue weighted by Crippen LogP contribution is 1.95. The van der Waals surface area contributed by atoms with Crippen LogP contribution in [0.1, 0.15) is 12.7 Å². The Morgan fingerprint density at radius 3 is 2.81 bits per heavy atom. The van der Waals surface area contributed by atoms with Crippen LogP contribution in [-0.4, -0.2) is 47.0 Å². The average Bonchev–Trinajstić information content (AvgIpc) is 2.63. The maximum absolute atomic E-state index is 11.5. The molecule has 1 heterocycles. The molecule has 0 spiro atoms. The molecular formula is C11H20N4O. The number of aromatic nitrogens is 2. The van der Waals surface area contributed by atoms with Gasteiger partial charge < -0.3 is 14.8 Å². The summed E-state index contributed by atoms with van der Waals surface area (Å²) in [5.74, 6) is 1.12. The van der Waals surface area contributed by atoms with Crippen molar-refractivity contribution in [3.05, 3.63) is 18.2 Å². The van der Waals surface area contributed by atoms with Crippen molar-refractivity contribution in [2.24, 2.45) is 7.05 Å². The van der Waals surface area contributed by atoms with E-state index in [1.165, 1.54) is 0 Å². The summed E-state index contributed by atoms with van der Waals surface area (Å²) in [5, 5.41) is 3.18. The molecule has 5 heteroatoms. The Balaban J connectivity index is 2.31. The fraction of sp³-hybridized carbons (Fsp3) is 0.636. The minimum Gasteiger partial charge on any atom is -0.347 e. The highest BCUT2D eigenvalue weighted by Gasteiger charge is 2.13. The number of hydrogen-bond acceptors (Lipinski definition) is 3. The highest BCUT2D eigenvalue weighted by atomic mass is 16.2. The van der Waals surface area contributed by atoms with Gasteiger partial charge in [-0.15, -0.1) is 0 Å². The van der Waals surface area contributed by atoms with Crippen LogP contribution in [0.25, 0.3) is 0 Å². The third kappa shape index (κ3) is 3.34. The number of rotatable bonds is 5. The topological polar surface area (TPSA) is 50.2 Å². The molecule has 0 bridgehead atoms. The second-order valence-corrected chi connectivity index (χ2v) is 4.11. The fourth-order valence-electron chi connectivity index (χ4n) is 1.51. The van der Waals surface area contributed by atoms with Crippen molar-refractivity contribution in [3.63, 3.8) is 0 Å². The van der Waals surface area contributed by atoms with Crippen molar-refractivity contribution in [1.82, 2.24) is 19.8 Å². The largest absolute Gasteiger partial charge is 0.347 e. The van der Waals surface area contributed by atoms with Gasteiger partial charge in [0, 0.05) is 46.5 Å². The number of imidazole rings is 1. The first-order valence-corrected chi connectivity index (χ1v) is 5.43. The van der Waals surface area contributed by atoms with E-state index < -0.39 is 0 Å². The van der Waals surface area contributed by atoms with E-state index in [1.54, 1.807) is 25.2 Å². The molecule has 1 rings (SSSR count). The molecule has 0 aromatic carbocycles.